The minimum absolute atomic E-state index is 0.0694. The maximum Gasteiger partial charge on any atom is 0.225 e. The number of hydrogen-bond donors (Lipinski definition) is 2. The average molecular weight is 298 g/mol. The molecule has 3 nitrogen and oxygen atoms in total. The standard InChI is InChI=1S/C17H18N2OS/c1-21-16-9-5-4-8-15(16)19-17(20)10-12-11-18-14-7-3-2-6-13(12)14/h2-9,12,18H,10-11H2,1H3,(H,19,20). The summed E-state index contributed by atoms with van der Waals surface area (Å²) < 4.78 is 0. The van der Waals surface area contributed by atoms with E-state index in [0.29, 0.717) is 6.42 Å². The molecule has 0 aromatic heterocycles. The summed E-state index contributed by atoms with van der Waals surface area (Å²) in [5.41, 5.74) is 3.29. The third kappa shape index (κ3) is 3.05. The van der Waals surface area contributed by atoms with E-state index in [-0.39, 0.29) is 11.8 Å². The number of carbonyl (C=O) groups is 1. The van der Waals surface area contributed by atoms with Crippen LogP contribution >= 0.6 is 11.8 Å². The van der Waals surface area contributed by atoms with Crippen molar-refractivity contribution in [3.63, 3.8) is 0 Å². The molecule has 0 radical (unpaired) electrons. The fourth-order valence-electron chi connectivity index (χ4n) is 2.71. The van der Waals surface area contributed by atoms with Gasteiger partial charge in [0.15, 0.2) is 0 Å². The fourth-order valence-corrected chi connectivity index (χ4v) is 3.27. The summed E-state index contributed by atoms with van der Waals surface area (Å²) in [5, 5.41) is 6.39. The SMILES string of the molecule is CSc1ccccc1NC(=O)CC1CNc2ccccc21. The molecule has 1 aliphatic heterocycles. The normalized spacial score (nSPS) is 16.1. The van der Waals surface area contributed by atoms with Crippen LogP contribution in [0.1, 0.15) is 17.9 Å². The number of fused-ring (bicyclic) bond motifs is 1. The Bertz CT molecular complexity index is 657. The molecule has 0 saturated carbocycles. The van der Waals surface area contributed by atoms with Crippen LogP contribution in [-0.2, 0) is 4.79 Å². The molecule has 4 heteroatoms. The molecule has 3 rings (SSSR count). The molecule has 0 bridgehead atoms. The van der Waals surface area contributed by atoms with Gasteiger partial charge >= 0.3 is 0 Å². The molecule has 0 spiro atoms. The molecule has 21 heavy (non-hydrogen) atoms. The number of thioether (sulfide) groups is 1. The topological polar surface area (TPSA) is 41.1 Å². The van der Waals surface area contributed by atoms with Crippen LogP contribution in [-0.4, -0.2) is 18.7 Å². The van der Waals surface area contributed by atoms with Gasteiger partial charge in [-0.3, -0.25) is 4.79 Å². The highest BCUT2D eigenvalue weighted by Crippen LogP contribution is 2.33. The van der Waals surface area contributed by atoms with Crippen molar-refractivity contribution in [1.29, 1.82) is 0 Å². The highest BCUT2D eigenvalue weighted by molar-refractivity contribution is 7.98. The first-order valence-electron chi connectivity index (χ1n) is 7.03. The Morgan fingerprint density at radius 1 is 1.24 bits per heavy atom. The van der Waals surface area contributed by atoms with Crippen LogP contribution in [0.3, 0.4) is 0 Å². The number of anilines is 2. The summed E-state index contributed by atoms with van der Waals surface area (Å²) >= 11 is 1.64. The Morgan fingerprint density at radius 3 is 2.86 bits per heavy atom. The van der Waals surface area contributed by atoms with E-state index in [1.165, 1.54) is 5.56 Å². The van der Waals surface area contributed by atoms with Crippen molar-refractivity contribution in [1.82, 2.24) is 0 Å². The van der Waals surface area contributed by atoms with Crippen molar-refractivity contribution in [3.8, 4) is 0 Å². The maximum atomic E-state index is 12.3. The lowest BCUT2D eigenvalue weighted by Gasteiger charge is -2.12. The second kappa shape index (κ2) is 6.22. The first-order valence-corrected chi connectivity index (χ1v) is 8.26. The van der Waals surface area contributed by atoms with Gasteiger partial charge in [-0.05, 0) is 30.0 Å². The van der Waals surface area contributed by atoms with Gasteiger partial charge in [-0.2, -0.15) is 0 Å². The molecular formula is C17H18N2OS. The lowest BCUT2D eigenvalue weighted by molar-refractivity contribution is -0.116. The van der Waals surface area contributed by atoms with E-state index in [4.69, 9.17) is 0 Å². The van der Waals surface area contributed by atoms with Crippen LogP contribution in [0.2, 0.25) is 0 Å². The van der Waals surface area contributed by atoms with Crippen LogP contribution in [0.5, 0.6) is 0 Å². The van der Waals surface area contributed by atoms with Crippen molar-refractivity contribution in [2.75, 3.05) is 23.4 Å². The zero-order valence-electron chi connectivity index (χ0n) is 11.9. The monoisotopic (exact) mass is 298 g/mol. The van der Waals surface area contributed by atoms with E-state index in [1.54, 1.807) is 11.8 Å². The largest absolute Gasteiger partial charge is 0.384 e. The van der Waals surface area contributed by atoms with Gasteiger partial charge in [0.25, 0.3) is 0 Å². The van der Waals surface area contributed by atoms with Crippen molar-refractivity contribution in [2.24, 2.45) is 0 Å². The van der Waals surface area contributed by atoms with E-state index >= 15 is 0 Å². The summed E-state index contributed by atoms with van der Waals surface area (Å²) in [7, 11) is 0. The highest BCUT2D eigenvalue weighted by atomic mass is 32.2. The number of hydrogen-bond acceptors (Lipinski definition) is 3. The third-order valence-corrected chi connectivity index (χ3v) is 4.55. The average Bonchev–Trinajstić information content (AvgIpc) is 2.91. The fraction of sp³-hybridized carbons (Fsp3) is 0.235. The van der Waals surface area contributed by atoms with Gasteiger partial charge in [-0.25, -0.2) is 0 Å². The van der Waals surface area contributed by atoms with E-state index in [1.807, 2.05) is 42.7 Å². The Kier molecular flexibility index (Phi) is 4.15. The Labute approximate surface area is 129 Å². The van der Waals surface area contributed by atoms with Crippen LogP contribution < -0.4 is 10.6 Å². The Morgan fingerprint density at radius 2 is 2.00 bits per heavy atom. The summed E-state index contributed by atoms with van der Waals surface area (Å²) in [6.45, 7) is 0.830. The Balaban J connectivity index is 1.68. The van der Waals surface area contributed by atoms with E-state index in [9.17, 15) is 4.79 Å². The van der Waals surface area contributed by atoms with Gasteiger partial charge in [0.05, 0.1) is 5.69 Å². The molecule has 0 saturated heterocycles. The molecule has 0 fully saturated rings. The predicted molar refractivity (Wildman–Crippen MR) is 89.1 cm³/mol. The van der Waals surface area contributed by atoms with Gasteiger partial charge in [0.1, 0.15) is 0 Å². The van der Waals surface area contributed by atoms with Crippen molar-refractivity contribution in [2.45, 2.75) is 17.2 Å². The molecule has 1 atom stereocenters. The molecule has 1 amide bonds. The van der Waals surface area contributed by atoms with Crippen molar-refractivity contribution in [3.05, 3.63) is 54.1 Å². The number of para-hydroxylation sites is 2. The van der Waals surface area contributed by atoms with Crippen LogP contribution in [0.25, 0.3) is 0 Å². The molecule has 1 unspecified atom stereocenters. The van der Waals surface area contributed by atoms with E-state index < -0.39 is 0 Å². The smallest absolute Gasteiger partial charge is 0.225 e. The lowest BCUT2D eigenvalue weighted by Crippen LogP contribution is -2.17. The molecule has 1 heterocycles. The first kappa shape index (κ1) is 14.0. The highest BCUT2D eigenvalue weighted by Gasteiger charge is 2.24. The number of carbonyl (C=O) groups excluding carboxylic acids is 1. The molecule has 2 aromatic carbocycles. The maximum absolute atomic E-state index is 12.3. The second-order valence-corrected chi connectivity index (χ2v) is 5.97. The molecule has 1 aliphatic rings. The Hall–Kier alpha value is -1.94. The van der Waals surface area contributed by atoms with Crippen LogP contribution in [0, 0.1) is 0 Å². The van der Waals surface area contributed by atoms with Crippen molar-refractivity contribution < 1.29 is 4.79 Å². The number of amides is 1. The van der Waals surface area contributed by atoms with Crippen molar-refractivity contribution >= 4 is 29.0 Å². The second-order valence-electron chi connectivity index (χ2n) is 5.12. The van der Waals surface area contributed by atoms with Gasteiger partial charge in [0.2, 0.25) is 5.91 Å². The summed E-state index contributed by atoms with van der Waals surface area (Å²) in [4.78, 5) is 13.4. The summed E-state index contributed by atoms with van der Waals surface area (Å²) in [6.07, 6.45) is 2.52. The van der Waals surface area contributed by atoms with Crippen LogP contribution in [0.4, 0.5) is 11.4 Å². The number of rotatable bonds is 4. The zero-order valence-corrected chi connectivity index (χ0v) is 12.7. The van der Waals surface area contributed by atoms with Gasteiger partial charge < -0.3 is 10.6 Å². The van der Waals surface area contributed by atoms with E-state index in [0.717, 1.165) is 22.8 Å². The number of benzene rings is 2. The van der Waals surface area contributed by atoms with Gasteiger partial charge in [-0.1, -0.05) is 30.3 Å². The third-order valence-electron chi connectivity index (χ3n) is 3.75. The summed E-state index contributed by atoms with van der Waals surface area (Å²) in [6, 6.07) is 16.1. The van der Waals surface area contributed by atoms with Crippen LogP contribution in [0.15, 0.2) is 53.4 Å². The minimum atomic E-state index is 0.0694. The van der Waals surface area contributed by atoms with Gasteiger partial charge in [0, 0.05) is 29.5 Å². The van der Waals surface area contributed by atoms with E-state index in [2.05, 4.69) is 22.8 Å². The molecule has 2 aromatic rings. The molecule has 2 N–H and O–H groups in total. The number of nitrogens with one attached hydrogen (secondary N) is 2. The molecular weight excluding hydrogens is 280 g/mol. The summed E-state index contributed by atoms with van der Waals surface area (Å²) in [5.74, 6) is 0.322. The minimum Gasteiger partial charge on any atom is -0.384 e. The lowest BCUT2D eigenvalue weighted by atomic mass is 9.97. The van der Waals surface area contributed by atoms with Gasteiger partial charge in [-0.15, -0.1) is 11.8 Å². The predicted octanol–water partition coefficient (Wildman–Crippen LogP) is 3.95. The quantitative estimate of drug-likeness (QED) is 0.840. The zero-order chi connectivity index (χ0) is 14.7. The molecule has 108 valence electrons. The first-order chi connectivity index (χ1) is 10.3. The molecule has 0 aliphatic carbocycles.